The Morgan fingerprint density at radius 1 is 1.11 bits per heavy atom. The Bertz CT molecular complexity index is 213. The second kappa shape index (κ2) is 10.5. The lowest BCUT2D eigenvalue weighted by Gasteiger charge is -2.25. The molecule has 0 fully saturated rings. The SMILES string of the molecule is CCCCC(CC)C(O)CC(CC)CCC(C)=O. The van der Waals surface area contributed by atoms with Crippen LogP contribution in [0.5, 0.6) is 0 Å². The Hall–Kier alpha value is -0.370. The van der Waals surface area contributed by atoms with E-state index >= 15 is 0 Å². The average Bonchev–Trinajstić information content (AvgIpc) is 2.35. The molecule has 0 aromatic carbocycles. The number of unbranched alkanes of at least 4 members (excludes halogenated alkanes) is 1. The van der Waals surface area contributed by atoms with Crippen molar-refractivity contribution in [2.75, 3.05) is 0 Å². The van der Waals surface area contributed by atoms with Gasteiger partial charge in [0.1, 0.15) is 5.78 Å². The highest BCUT2D eigenvalue weighted by Gasteiger charge is 2.20. The van der Waals surface area contributed by atoms with Crippen molar-refractivity contribution in [1.29, 1.82) is 0 Å². The van der Waals surface area contributed by atoms with Crippen LogP contribution in [-0.2, 0) is 4.79 Å². The van der Waals surface area contributed by atoms with E-state index in [1.54, 1.807) is 6.92 Å². The van der Waals surface area contributed by atoms with Crippen molar-refractivity contribution < 1.29 is 9.90 Å². The van der Waals surface area contributed by atoms with Gasteiger partial charge in [0.05, 0.1) is 6.10 Å². The number of aliphatic hydroxyl groups is 1. The number of aliphatic hydroxyl groups excluding tert-OH is 1. The maximum atomic E-state index is 11.0. The maximum absolute atomic E-state index is 11.0. The summed E-state index contributed by atoms with van der Waals surface area (Å²) < 4.78 is 0. The molecule has 3 atom stereocenters. The summed E-state index contributed by atoms with van der Waals surface area (Å²) in [5, 5.41) is 10.3. The molecule has 3 unspecified atom stereocenters. The third-order valence-corrected chi connectivity index (χ3v) is 4.05. The Kier molecular flexibility index (Phi) is 10.3. The van der Waals surface area contributed by atoms with E-state index < -0.39 is 0 Å². The van der Waals surface area contributed by atoms with Crippen LogP contribution in [0.15, 0.2) is 0 Å². The molecule has 0 aliphatic rings. The number of ketones is 1. The van der Waals surface area contributed by atoms with Gasteiger partial charge in [-0.3, -0.25) is 0 Å². The Balaban J connectivity index is 4.12. The van der Waals surface area contributed by atoms with Crippen LogP contribution >= 0.6 is 0 Å². The first-order valence-corrected chi connectivity index (χ1v) is 7.72. The topological polar surface area (TPSA) is 37.3 Å². The number of carbonyl (C=O) groups excluding carboxylic acids is 1. The molecule has 0 spiro atoms. The molecule has 0 bridgehead atoms. The lowest BCUT2D eigenvalue weighted by molar-refractivity contribution is -0.117. The first-order chi connectivity index (χ1) is 8.54. The summed E-state index contributed by atoms with van der Waals surface area (Å²) in [6, 6.07) is 0. The molecule has 108 valence electrons. The van der Waals surface area contributed by atoms with E-state index in [0.29, 0.717) is 18.3 Å². The zero-order chi connectivity index (χ0) is 14.0. The number of hydrogen-bond donors (Lipinski definition) is 1. The highest BCUT2D eigenvalue weighted by atomic mass is 16.3. The van der Waals surface area contributed by atoms with Crippen molar-refractivity contribution in [3.63, 3.8) is 0 Å². The Morgan fingerprint density at radius 3 is 2.22 bits per heavy atom. The molecule has 0 heterocycles. The fraction of sp³-hybridized carbons (Fsp3) is 0.938. The molecule has 0 aliphatic heterocycles. The standard InChI is InChI=1S/C16H32O2/c1-5-8-9-15(7-3)16(18)12-14(6-2)11-10-13(4)17/h14-16,18H,5-12H2,1-4H3. The molecular weight excluding hydrogens is 224 g/mol. The minimum atomic E-state index is -0.182. The summed E-state index contributed by atoms with van der Waals surface area (Å²) in [7, 11) is 0. The van der Waals surface area contributed by atoms with Gasteiger partial charge in [-0.1, -0.05) is 46.5 Å². The van der Waals surface area contributed by atoms with E-state index in [9.17, 15) is 9.90 Å². The van der Waals surface area contributed by atoms with E-state index in [0.717, 1.165) is 32.1 Å². The van der Waals surface area contributed by atoms with E-state index in [-0.39, 0.29) is 11.9 Å². The molecule has 0 amide bonds. The van der Waals surface area contributed by atoms with Crippen LogP contribution in [0.2, 0.25) is 0 Å². The van der Waals surface area contributed by atoms with Crippen molar-refractivity contribution >= 4 is 5.78 Å². The van der Waals surface area contributed by atoms with Crippen LogP contribution in [0.4, 0.5) is 0 Å². The molecule has 1 N–H and O–H groups in total. The average molecular weight is 256 g/mol. The van der Waals surface area contributed by atoms with Gasteiger partial charge in [0, 0.05) is 6.42 Å². The van der Waals surface area contributed by atoms with Crippen LogP contribution in [-0.4, -0.2) is 17.0 Å². The zero-order valence-corrected chi connectivity index (χ0v) is 12.7. The third kappa shape index (κ3) is 7.86. The van der Waals surface area contributed by atoms with E-state index in [2.05, 4.69) is 20.8 Å². The molecule has 0 aromatic rings. The predicted octanol–water partition coefficient (Wildman–Crippen LogP) is 4.35. The first-order valence-electron chi connectivity index (χ1n) is 7.72. The van der Waals surface area contributed by atoms with Crippen molar-refractivity contribution in [2.24, 2.45) is 11.8 Å². The largest absolute Gasteiger partial charge is 0.393 e. The molecule has 18 heavy (non-hydrogen) atoms. The van der Waals surface area contributed by atoms with Gasteiger partial charge >= 0.3 is 0 Å². The van der Waals surface area contributed by atoms with Crippen molar-refractivity contribution in [3.05, 3.63) is 0 Å². The quantitative estimate of drug-likeness (QED) is 0.597. The normalized spacial score (nSPS) is 16.3. The molecule has 0 aromatic heterocycles. The van der Waals surface area contributed by atoms with Crippen molar-refractivity contribution in [2.45, 2.75) is 85.2 Å². The molecule has 0 radical (unpaired) electrons. The van der Waals surface area contributed by atoms with Crippen LogP contribution in [0.1, 0.15) is 79.1 Å². The van der Waals surface area contributed by atoms with Crippen LogP contribution in [0.25, 0.3) is 0 Å². The van der Waals surface area contributed by atoms with Gasteiger partial charge in [0.25, 0.3) is 0 Å². The van der Waals surface area contributed by atoms with Gasteiger partial charge in [0.2, 0.25) is 0 Å². The Morgan fingerprint density at radius 2 is 1.78 bits per heavy atom. The van der Waals surface area contributed by atoms with Gasteiger partial charge in [-0.2, -0.15) is 0 Å². The van der Waals surface area contributed by atoms with E-state index in [4.69, 9.17) is 0 Å². The lowest BCUT2D eigenvalue weighted by atomic mass is 9.85. The van der Waals surface area contributed by atoms with Gasteiger partial charge < -0.3 is 9.90 Å². The molecule has 0 rings (SSSR count). The summed E-state index contributed by atoms with van der Waals surface area (Å²) in [6.45, 7) is 8.17. The maximum Gasteiger partial charge on any atom is 0.129 e. The summed E-state index contributed by atoms with van der Waals surface area (Å²) >= 11 is 0. The fourth-order valence-corrected chi connectivity index (χ4v) is 2.56. The molecular formula is C16H32O2. The van der Waals surface area contributed by atoms with Crippen LogP contribution in [0.3, 0.4) is 0 Å². The van der Waals surface area contributed by atoms with E-state index in [1.165, 1.54) is 12.8 Å². The van der Waals surface area contributed by atoms with Gasteiger partial charge in [-0.15, -0.1) is 0 Å². The number of rotatable bonds is 11. The predicted molar refractivity (Wildman–Crippen MR) is 77.6 cm³/mol. The summed E-state index contributed by atoms with van der Waals surface area (Å²) in [6.07, 6.45) is 7.95. The highest BCUT2D eigenvalue weighted by Crippen LogP contribution is 2.25. The van der Waals surface area contributed by atoms with Crippen LogP contribution < -0.4 is 0 Å². The number of carbonyl (C=O) groups is 1. The third-order valence-electron chi connectivity index (χ3n) is 4.05. The Labute approximate surface area is 113 Å². The number of Topliss-reactive ketones (excluding diaryl/α,β-unsaturated/α-hetero) is 1. The zero-order valence-electron chi connectivity index (χ0n) is 12.7. The molecule has 2 heteroatoms. The highest BCUT2D eigenvalue weighted by molar-refractivity contribution is 5.75. The molecule has 0 aliphatic carbocycles. The monoisotopic (exact) mass is 256 g/mol. The molecule has 0 saturated carbocycles. The molecule has 0 saturated heterocycles. The van der Waals surface area contributed by atoms with Gasteiger partial charge in [-0.25, -0.2) is 0 Å². The first kappa shape index (κ1) is 17.6. The second-order valence-electron chi connectivity index (χ2n) is 5.63. The summed E-state index contributed by atoms with van der Waals surface area (Å²) in [5.41, 5.74) is 0. The smallest absolute Gasteiger partial charge is 0.129 e. The van der Waals surface area contributed by atoms with Crippen LogP contribution in [0, 0.1) is 11.8 Å². The fourth-order valence-electron chi connectivity index (χ4n) is 2.56. The van der Waals surface area contributed by atoms with Crippen molar-refractivity contribution in [1.82, 2.24) is 0 Å². The summed E-state index contributed by atoms with van der Waals surface area (Å²) in [4.78, 5) is 11.0. The lowest BCUT2D eigenvalue weighted by Crippen LogP contribution is -2.23. The summed E-state index contributed by atoms with van der Waals surface area (Å²) in [5.74, 6) is 1.21. The van der Waals surface area contributed by atoms with Gasteiger partial charge in [-0.05, 0) is 38.0 Å². The van der Waals surface area contributed by atoms with E-state index in [1.807, 2.05) is 0 Å². The minimum absolute atomic E-state index is 0.182. The molecule has 2 nitrogen and oxygen atoms in total. The van der Waals surface area contributed by atoms with Crippen molar-refractivity contribution in [3.8, 4) is 0 Å². The number of hydrogen-bond acceptors (Lipinski definition) is 2. The minimum Gasteiger partial charge on any atom is -0.393 e. The van der Waals surface area contributed by atoms with Gasteiger partial charge in [0.15, 0.2) is 0 Å². The second-order valence-corrected chi connectivity index (χ2v) is 5.63.